The minimum absolute atomic E-state index is 0.0922. The second-order valence-corrected chi connectivity index (χ2v) is 7.67. The first-order valence-electron chi connectivity index (χ1n) is 8.31. The van der Waals surface area contributed by atoms with Crippen molar-refractivity contribution >= 4 is 21.6 Å². The molecule has 1 amide bonds. The molecule has 0 bridgehead atoms. The lowest BCUT2D eigenvalue weighted by molar-refractivity contribution is 0.0951. The summed E-state index contributed by atoms with van der Waals surface area (Å²) in [5.41, 5.74) is 2.62. The van der Waals surface area contributed by atoms with Crippen molar-refractivity contribution in [3.8, 4) is 0 Å². The van der Waals surface area contributed by atoms with Crippen LogP contribution in [0.3, 0.4) is 0 Å². The number of anilines is 1. The number of pyridine rings is 1. The summed E-state index contributed by atoms with van der Waals surface area (Å²) >= 11 is 0. The summed E-state index contributed by atoms with van der Waals surface area (Å²) in [6.07, 6.45) is 3.34. The van der Waals surface area contributed by atoms with Gasteiger partial charge in [0.05, 0.1) is 10.6 Å². The van der Waals surface area contributed by atoms with Gasteiger partial charge in [-0.15, -0.1) is 0 Å². The van der Waals surface area contributed by atoms with Gasteiger partial charge in [0.25, 0.3) is 15.9 Å². The molecule has 0 aliphatic heterocycles. The van der Waals surface area contributed by atoms with Crippen molar-refractivity contribution in [1.29, 1.82) is 0 Å². The maximum Gasteiger partial charge on any atom is 0.261 e. The Hall–Kier alpha value is -3.19. The number of rotatable bonds is 6. The van der Waals surface area contributed by atoms with Gasteiger partial charge < -0.3 is 5.32 Å². The number of nitrogens with zero attached hydrogens (tertiary/aromatic N) is 1. The van der Waals surface area contributed by atoms with Crippen LogP contribution in [0.25, 0.3) is 0 Å². The highest BCUT2D eigenvalue weighted by molar-refractivity contribution is 7.92. The van der Waals surface area contributed by atoms with Gasteiger partial charge in [-0.3, -0.25) is 14.5 Å². The normalized spacial score (nSPS) is 11.0. The second-order valence-electron chi connectivity index (χ2n) is 5.99. The Kier molecular flexibility index (Phi) is 5.52. The van der Waals surface area contributed by atoms with Gasteiger partial charge in [-0.2, -0.15) is 0 Å². The Balaban J connectivity index is 1.69. The lowest BCUT2D eigenvalue weighted by Gasteiger charge is -2.11. The predicted octanol–water partition coefficient (Wildman–Crippen LogP) is 3.12. The minimum atomic E-state index is -3.72. The molecule has 138 valence electrons. The third kappa shape index (κ3) is 4.71. The summed E-state index contributed by atoms with van der Waals surface area (Å²) in [6, 6.07) is 16.6. The van der Waals surface area contributed by atoms with E-state index in [1.54, 1.807) is 30.6 Å². The van der Waals surface area contributed by atoms with E-state index < -0.39 is 10.0 Å². The molecule has 0 atom stereocenters. The molecule has 3 aromatic rings. The lowest BCUT2D eigenvalue weighted by atomic mass is 10.2. The molecule has 0 saturated heterocycles. The molecule has 0 spiro atoms. The van der Waals surface area contributed by atoms with Crippen LogP contribution in [-0.4, -0.2) is 19.3 Å². The number of hydrogen-bond donors (Lipinski definition) is 2. The molecule has 0 aliphatic rings. The van der Waals surface area contributed by atoms with E-state index in [2.05, 4.69) is 15.0 Å². The third-order valence-electron chi connectivity index (χ3n) is 3.99. The van der Waals surface area contributed by atoms with Gasteiger partial charge in [0.15, 0.2) is 0 Å². The summed E-state index contributed by atoms with van der Waals surface area (Å²) in [5, 5.41) is 2.78. The van der Waals surface area contributed by atoms with Crippen molar-refractivity contribution in [3.05, 3.63) is 89.7 Å². The van der Waals surface area contributed by atoms with Crippen molar-refractivity contribution in [1.82, 2.24) is 10.3 Å². The van der Waals surface area contributed by atoms with Crippen molar-refractivity contribution in [2.24, 2.45) is 0 Å². The fraction of sp³-hybridized carbons (Fsp3) is 0.100. The van der Waals surface area contributed by atoms with Gasteiger partial charge in [0.2, 0.25) is 0 Å². The largest absolute Gasteiger partial charge is 0.348 e. The number of amides is 1. The molecule has 2 aromatic carbocycles. The Bertz CT molecular complexity index is 1030. The zero-order valence-corrected chi connectivity index (χ0v) is 15.5. The van der Waals surface area contributed by atoms with Crippen molar-refractivity contribution in [3.63, 3.8) is 0 Å². The summed E-state index contributed by atoms with van der Waals surface area (Å²) in [6.45, 7) is 2.18. The van der Waals surface area contributed by atoms with Gasteiger partial charge in [-0.1, -0.05) is 24.3 Å². The molecule has 2 N–H and O–H groups in total. The van der Waals surface area contributed by atoms with E-state index in [0.29, 0.717) is 17.8 Å². The maximum absolute atomic E-state index is 12.5. The highest BCUT2D eigenvalue weighted by atomic mass is 32.2. The van der Waals surface area contributed by atoms with Gasteiger partial charge in [-0.05, 0) is 54.4 Å². The number of hydrogen-bond acceptors (Lipinski definition) is 4. The Labute approximate surface area is 158 Å². The third-order valence-corrected chi connectivity index (χ3v) is 5.37. The smallest absolute Gasteiger partial charge is 0.261 e. The second kappa shape index (κ2) is 8.01. The van der Waals surface area contributed by atoms with Crippen LogP contribution < -0.4 is 10.0 Å². The summed E-state index contributed by atoms with van der Waals surface area (Å²) in [7, 11) is -3.72. The topological polar surface area (TPSA) is 88.2 Å². The quantitative estimate of drug-likeness (QED) is 0.687. The van der Waals surface area contributed by atoms with Crippen molar-refractivity contribution in [2.45, 2.75) is 18.4 Å². The fourth-order valence-electron chi connectivity index (χ4n) is 2.46. The Morgan fingerprint density at radius 2 is 1.74 bits per heavy atom. The van der Waals surface area contributed by atoms with E-state index >= 15 is 0 Å². The van der Waals surface area contributed by atoms with Crippen LogP contribution in [0.4, 0.5) is 5.69 Å². The van der Waals surface area contributed by atoms with Crippen molar-refractivity contribution in [2.75, 3.05) is 4.72 Å². The van der Waals surface area contributed by atoms with Crippen LogP contribution in [0.2, 0.25) is 0 Å². The van der Waals surface area contributed by atoms with E-state index in [0.717, 1.165) is 11.1 Å². The predicted molar refractivity (Wildman–Crippen MR) is 104 cm³/mol. The number of carbonyl (C=O) groups is 1. The fourth-order valence-corrected chi connectivity index (χ4v) is 3.59. The SMILES string of the molecule is Cc1ccccc1NS(=O)(=O)c1ccc(C(=O)NCc2cccnc2)cc1. The molecule has 7 heteroatoms. The number of aryl methyl sites for hydroxylation is 1. The van der Waals surface area contributed by atoms with E-state index in [4.69, 9.17) is 0 Å². The molecular formula is C20H19N3O3S. The van der Waals surface area contributed by atoms with Crippen LogP contribution in [-0.2, 0) is 16.6 Å². The van der Waals surface area contributed by atoms with Crippen LogP contribution in [0.1, 0.15) is 21.5 Å². The van der Waals surface area contributed by atoms with Crippen LogP contribution >= 0.6 is 0 Å². The van der Waals surface area contributed by atoms with Gasteiger partial charge in [-0.25, -0.2) is 8.42 Å². The number of sulfonamides is 1. The van der Waals surface area contributed by atoms with E-state index in [-0.39, 0.29) is 10.8 Å². The Morgan fingerprint density at radius 1 is 1.00 bits per heavy atom. The molecule has 3 rings (SSSR count). The number of nitrogens with one attached hydrogen (secondary N) is 2. The molecule has 27 heavy (non-hydrogen) atoms. The highest BCUT2D eigenvalue weighted by Crippen LogP contribution is 2.19. The first-order chi connectivity index (χ1) is 13.0. The minimum Gasteiger partial charge on any atom is -0.348 e. The summed E-state index contributed by atoms with van der Waals surface area (Å²) in [5.74, 6) is -0.283. The molecule has 0 radical (unpaired) electrons. The van der Waals surface area contributed by atoms with E-state index in [1.807, 2.05) is 25.1 Å². The molecule has 6 nitrogen and oxygen atoms in total. The number of carbonyl (C=O) groups excluding carboxylic acids is 1. The number of aromatic nitrogens is 1. The Morgan fingerprint density at radius 3 is 2.41 bits per heavy atom. The molecule has 0 saturated carbocycles. The first kappa shape index (κ1) is 18.6. The number of para-hydroxylation sites is 1. The highest BCUT2D eigenvalue weighted by Gasteiger charge is 2.16. The van der Waals surface area contributed by atoms with Crippen LogP contribution in [0.15, 0.2) is 78.0 Å². The van der Waals surface area contributed by atoms with Gasteiger partial charge >= 0.3 is 0 Å². The standard InChI is InChI=1S/C20H19N3O3S/c1-15-5-2-3-7-19(15)23-27(25,26)18-10-8-17(9-11-18)20(24)22-14-16-6-4-12-21-13-16/h2-13,23H,14H2,1H3,(H,22,24). The van der Waals surface area contributed by atoms with Gasteiger partial charge in [0, 0.05) is 24.5 Å². The zero-order valence-electron chi connectivity index (χ0n) is 14.7. The molecular weight excluding hydrogens is 362 g/mol. The number of benzene rings is 2. The van der Waals surface area contributed by atoms with E-state index in [1.165, 1.54) is 24.3 Å². The lowest BCUT2D eigenvalue weighted by Crippen LogP contribution is -2.23. The molecule has 1 heterocycles. The van der Waals surface area contributed by atoms with Gasteiger partial charge in [0.1, 0.15) is 0 Å². The average Bonchev–Trinajstić information content (AvgIpc) is 2.69. The maximum atomic E-state index is 12.5. The summed E-state index contributed by atoms with van der Waals surface area (Å²) in [4.78, 5) is 16.3. The monoisotopic (exact) mass is 381 g/mol. The van der Waals surface area contributed by atoms with E-state index in [9.17, 15) is 13.2 Å². The molecule has 0 aliphatic carbocycles. The van der Waals surface area contributed by atoms with Crippen LogP contribution in [0, 0.1) is 6.92 Å². The van der Waals surface area contributed by atoms with Crippen molar-refractivity contribution < 1.29 is 13.2 Å². The molecule has 0 fully saturated rings. The molecule has 0 unspecified atom stereocenters. The van der Waals surface area contributed by atoms with Crippen LogP contribution in [0.5, 0.6) is 0 Å². The molecule has 1 aromatic heterocycles. The first-order valence-corrected chi connectivity index (χ1v) is 9.80. The average molecular weight is 381 g/mol. The zero-order chi connectivity index (χ0) is 19.3. The summed E-state index contributed by atoms with van der Waals surface area (Å²) < 4.78 is 27.6.